The van der Waals surface area contributed by atoms with Crippen molar-refractivity contribution in [3.63, 3.8) is 0 Å². The number of fused-ring (bicyclic) bond motifs is 1. The summed E-state index contributed by atoms with van der Waals surface area (Å²) < 4.78 is 0. The van der Waals surface area contributed by atoms with Crippen molar-refractivity contribution in [1.82, 2.24) is 19.9 Å². The van der Waals surface area contributed by atoms with E-state index in [9.17, 15) is 0 Å². The van der Waals surface area contributed by atoms with Crippen molar-refractivity contribution in [1.29, 1.82) is 0 Å². The summed E-state index contributed by atoms with van der Waals surface area (Å²) in [6, 6.07) is 18.5. The second kappa shape index (κ2) is 7.09. The molecule has 6 nitrogen and oxygen atoms in total. The van der Waals surface area contributed by atoms with Crippen LogP contribution in [0, 0.1) is 0 Å². The summed E-state index contributed by atoms with van der Waals surface area (Å²) in [7, 11) is 0. The van der Waals surface area contributed by atoms with Crippen LogP contribution in [0.15, 0.2) is 54.6 Å². The van der Waals surface area contributed by atoms with Gasteiger partial charge in [-0.15, -0.1) is 0 Å². The third-order valence-electron chi connectivity index (χ3n) is 4.78. The number of nitrogen functional groups attached to an aromatic ring is 1. The van der Waals surface area contributed by atoms with Gasteiger partial charge in [-0.2, -0.15) is 15.0 Å². The van der Waals surface area contributed by atoms with Gasteiger partial charge in [-0.1, -0.05) is 42.5 Å². The molecule has 6 heteroatoms. The molecular formula is C20H22N6. The number of para-hydroxylation sites is 1. The van der Waals surface area contributed by atoms with E-state index in [-0.39, 0.29) is 12.0 Å². The molecular weight excluding hydrogens is 324 g/mol. The van der Waals surface area contributed by atoms with Gasteiger partial charge in [0.2, 0.25) is 11.9 Å². The van der Waals surface area contributed by atoms with Crippen molar-refractivity contribution in [2.45, 2.75) is 25.9 Å². The van der Waals surface area contributed by atoms with E-state index in [2.05, 4.69) is 56.4 Å². The number of nitrogens with zero attached hydrogens (tertiary/aromatic N) is 4. The highest BCUT2D eigenvalue weighted by Crippen LogP contribution is 2.26. The van der Waals surface area contributed by atoms with Gasteiger partial charge in [0.15, 0.2) is 5.82 Å². The first-order chi connectivity index (χ1) is 12.7. The molecule has 0 bridgehead atoms. The zero-order valence-electron chi connectivity index (χ0n) is 14.8. The molecule has 0 radical (unpaired) electrons. The molecule has 1 aliphatic heterocycles. The average molecular weight is 346 g/mol. The first kappa shape index (κ1) is 16.5. The van der Waals surface area contributed by atoms with Crippen molar-refractivity contribution in [2.24, 2.45) is 0 Å². The summed E-state index contributed by atoms with van der Waals surface area (Å²) in [5.41, 5.74) is 9.66. The summed E-state index contributed by atoms with van der Waals surface area (Å²) in [5.74, 6) is 1.40. The van der Waals surface area contributed by atoms with Crippen LogP contribution in [0.4, 0.5) is 17.6 Å². The zero-order chi connectivity index (χ0) is 17.9. The molecule has 0 saturated carbocycles. The maximum Gasteiger partial charge on any atom is 0.232 e. The number of anilines is 3. The summed E-state index contributed by atoms with van der Waals surface area (Å²) in [5, 5.41) is 3.20. The lowest BCUT2D eigenvalue weighted by molar-refractivity contribution is 0.185. The predicted octanol–water partition coefficient (Wildman–Crippen LogP) is 3.32. The molecule has 0 fully saturated rings. The fourth-order valence-electron chi connectivity index (χ4n) is 3.31. The van der Waals surface area contributed by atoms with E-state index < -0.39 is 0 Å². The van der Waals surface area contributed by atoms with Crippen LogP contribution in [0.2, 0.25) is 0 Å². The predicted molar refractivity (Wildman–Crippen MR) is 103 cm³/mol. The molecule has 0 aliphatic carbocycles. The highest BCUT2D eigenvalue weighted by molar-refractivity contribution is 5.53. The first-order valence-electron chi connectivity index (χ1n) is 8.83. The van der Waals surface area contributed by atoms with E-state index in [0.29, 0.717) is 11.8 Å². The molecule has 2 heterocycles. The van der Waals surface area contributed by atoms with Gasteiger partial charge in [-0.05, 0) is 36.6 Å². The van der Waals surface area contributed by atoms with E-state index in [4.69, 9.17) is 5.73 Å². The normalized spacial score (nSPS) is 15.3. The molecule has 3 N–H and O–H groups in total. The van der Waals surface area contributed by atoms with Crippen LogP contribution < -0.4 is 11.1 Å². The monoisotopic (exact) mass is 346 g/mol. The first-order valence-corrected chi connectivity index (χ1v) is 8.83. The third-order valence-corrected chi connectivity index (χ3v) is 4.78. The number of nitrogens with two attached hydrogens (primary N) is 1. The maximum absolute atomic E-state index is 5.94. The van der Waals surface area contributed by atoms with Crippen LogP contribution in [0.25, 0.3) is 0 Å². The number of hydrogen-bond donors (Lipinski definition) is 2. The van der Waals surface area contributed by atoms with Crippen LogP contribution in [-0.2, 0) is 13.0 Å². The van der Waals surface area contributed by atoms with Crippen LogP contribution in [-0.4, -0.2) is 26.4 Å². The van der Waals surface area contributed by atoms with Crippen LogP contribution in [0.1, 0.15) is 29.9 Å². The van der Waals surface area contributed by atoms with Gasteiger partial charge in [0, 0.05) is 18.8 Å². The van der Waals surface area contributed by atoms with E-state index in [1.807, 2.05) is 30.3 Å². The van der Waals surface area contributed by atoms with E-state index >= 15 is 0 Å². The lowest BCUT2D eigenvalue weighted by Crippen LogP contribution is -2.34. The van der Waals surface area contributed by atoms with Gasteiger partial charge in [0.05, 0.1) is 6.04 Å². The van der Waals surface area contributed by atoms with Crippen molar-refractivity contribution >= 4 is 17.6 Å². The van der Waals surface area contributed by atoms with E-state index in [0.717, 1.165) is 25.2 Å². The Morgan fingerprint density at radius 2 is 1.69 bits per heavy atom. The molecule has 1 aromatic heterocycles. The minimum absolute atomic E-state index is 0.0602. The highest BCUT2D eigenvalue weighted by Gasteiger charge is 2.24. The summed E-state index contributed by atoms with van der Waals surface area (Å²) in [6.45, 7) is 3.99. The minimum atomic E-state index is 0.0602. The number of hydrogen-bond acceptors (Lipinski definition) is 6. The standard InChI is InChI=1S/C20H22N6/c1-14(26-12-11-15-7-5-6-8-16(15)13-26)18-23-19(21)25-20(24-18)22-17-9-3-2-4-10-17/h2-10,14H,11-13H2,1H3,(H3,21,22,23,24,25). The Hall–Kier alpha value is -2.99. The second-order valence-electron chi connectivity index (χ2n) is 6.53. The Morgan fingerprint density at radius 1 is 0.962 bits per heavy atom. The molecule has 1 atom stereocenters. The van der Waals surface area contributed by atoms with Crippen LogP contribution >= 0.6 is 0 Å². The van der Waals surface area contributed by atoms with Crippen molar-refractivity contribution in [3.8, 4) is 0 Å². The summed E-state index contributed by atoms with van der Waals surface area (Å²) in [6.07, 6.45) is 1.04. The summed E-state index contributed by atoms with van der Waals surface area (Å²) in [4.78, 5) is 15.6. The molecule has 2 aromatic carbocycles. The minimum Gasteiger partial charge on any atom is -0.368 e. The van der Waals surface area contributed by atoms with Gasteiger partial charge < -0.3 is 11.1 Å². The number of nitrogens with one attached hydrogen (secondary N) is 1. The number of rotatable bonds is 4. The second-order valence-corrected chi connectivity index (χ2v) is 6.53. The molecule has 1 aliphatic rings. The Morgan fingerprint density at radius 3 is 2.50 bits per heavy atom. The third kappa shape index (κ3) is 3.50. The zero-order valence-corrected chi connectivity index (χ0v) is 14.8. The lowest BCUT2D eigenvalue weighted by Gasteiger charge is -2.32. The molecule has 1 unspecified atom stereocenters. The van der Waals surface area contributed by atoms with Crippen molar-refractivity contribution in [2.75, 3.05) is 17.6 Å². The largest absolute Gasteiger partial charge is 0.368 e. The molecule has 3 aromatic rings. The Labute approximate surface area is 153 Å². The van der Waals surface area contributed by atoms with Crippen molar-refractivity contribution < 1.29 is 0 Å². The Bertz CT molecular complexity index is 896. The number of aromatic nitrogens is 3. The van der Waals surface area contributed by atoms with Gasteiger partial charge in [-0.25, -0.2) is 0 Å². The highest BCUT2D eigenvalue weighted by atomic mass is 15.2. The fourth-order valence-corrected chi connectivity index (χ4v) is 3.31. The molecule has 4 rings (SSSR count). The van der Waals surface area contributed by atoms with Gasteiger partial charge in [-0.3, -0.25) is 4.90 Å². The average Bonchev–Trinajstić information content (AvgIpc) is 2.67. The molecule has 0 saturated heterocycles. The summed E-state index contributed by atoms with van der Waals surface area (Å²) >= 11 is 0. The smallest absolute Gasteiger partial charge is 0.232 e. The van der Waals surface area contributed by atoms with Gasteiger partial charge in [0.25, 0.3) is 0 Å². The maximum atomic E-state index is 5.94. The van der Waals surface area contributed by atoms with Crippen LogP contribution in [0.3, 0.4) is 0 Å². The van der Waals surface area contributed by atoms with Crippen LogP contribution in [0.5, 0.6) is 0 Å². The molecule has 132 valence electrons. The quantitative estimate of drug-likeness (QED) is 0.754. The van der Waals surface area contributed by atoms with Gasteiger partial charge >= 0.3 is 0 Å². The SMILES string of the molecule is CC(c1nc(N)nc(Nc2ccccc2)n1)N1CCc2ccccc2C1. The van der Waals surface area contributed by atoms with E-state index in [1.165, 1.54) is 11.1 Å². The van der Waals surface area contributed by atoms with Crippen molar-refractivity contribution in [3.05, 3.63) is 71.5 Å². The number of benzene rings is 2. The van der Waals surface area contributed by atoms with E-state index in [1.54, 1.807) is 0 Å². The molecule has 26 heavy (non-hydrogen) atoms. The Balaban J connectivity index is 1.55. The molecule has 0 spiro atoms. The lowest BCUT2D eigenvalue weighted by atomic mass is 9.99. The van der Waals surface area contributed by atoms with Gasteiger partial charge in [0.1, 0.15) is 0 Å². The topological polar surface area (TPSA) is 80.0 Å². The Kier molecular flexibility index (Phi) is 4.50. The fraction of sp³-hybridized carbons (Fsp3) is 0.250. The molecule has 0 amide bonds.